The smallest absolute Gasteiger partial charge is 0.323 e. The quantitative estimate of drug-likeness (QED) is 0.606. The van der Waals surface area contributed by atoms with Gasteiger partial charge < -0.3 is 20.1 Å². The minimum Gasteiger partial charge on any atom is -0.463 e. The number of hydrogen-bond donors (Lipinski definition) is 2. The van der Waals surface area contributed by atoms with Crippen molar-refractivity contribution in [1.82, 2.24) is 15.0 Å². The zero-order valence-electron chi connectivity index (χ0n) is 13.5. The highest BCUT2D eigenvalue weighted by atomic mass is 16.5. The van der Waals surface area contributed by atoms with Gasteiger partial charge in [0.2, 0.25) is 11.9 Å². The Balaban J connectivity index is 2.39. The lowest BCUT2D eigenvalue weighted by Crippen LogP contribution is -2.12. The van der Waals surface area contributed by atoms with Crippen molar-refractivity contribution < 1.29 is 9.47 Å². The van der Waals surface area contributed by atoms with E-state index in [9.17, 15) is 0 Å². The predicted octanol–water partition coefficient (Wildman–Crippen LogP) is 2.18. The van der Waals surface area contributed by atoms with Crippen LogP contribution in [0.5, 0.6) is 6.01 Å². The average Bonchev–Trinajstić information content (AvgIpc) is 2.48. The minimum atomic E-state index is 0.342. The van der Waals surface area contributed by atoms with Crippen LogP contribution in [0.3, 0.4) is 0 Å². The van der Waals surface area contributed by atoms with Gasteiger partial charge in [0, 0.05) is 26.8 Å². The standard InChI is InChI=1S/C14H27N5O2/c1-5-8-21-14-18-12(15-4)17-13(19-14)16-7-6-9-20-10-11(2)3/h11H,5-10H2,1-4H3,(H2,15,16,17,18,19). The second-order valence-corrected chi connectivity index (χ2v) is 5.11. The SMILES string of the molecule is CCCOc1nc(NC)nc(NCCCOCC(C)C)n1. The van der Waals surface area contributed by atoms with E-state index >= 15 is 0 Å². The summed E-state index contributed by atoms with van der Waals surface area (Å²) in [6.45, 7) is 9.18. The lowest BCUT2D eigenvalue weighted by atomic mass is 10.2. The molecule has 0 aliphatic heterocycles. The molecule has 1 heterocycles. The molecule has 0 amide bonds. The summed E-state index contributed by atoms with van der Waals surface area (Å²) in [6.07, 6.45) is 1.81. The molecule has 120 valence electrons. The molecule has 0 atom stereocenters. The number of rotatable bonds is 11. The summed E-state index contributed by atoms with van der Waals surface area (Å²) >= 11 is 0. The van der Waals surface area contributed by atoms with E-state index in [4.69, 9.17) is 9.47 Å². The normalized spacial score (nSPS) is 10.7. The van der Waals surface area contributed by atoms with Gasteiger partial charge in [0.05, 0.1) is 6.61 Å². The summed E-state index contributed by atoms with van der Waals surface area (Å²) in [5, 5.41) is 6.06. The average molecular weight is 297 g/mol. The number of nitrogens with zero attached hydrogens (tertiary/aromatic N) is 3. The molecule has 2 N–H and O–H groups in total. The van der Waals surface area contributed by atoms with Crippen LogP contribution in [-0.4, -0.2) is 48.4 Å². The van der Waals surface area contributed by atoms with Crippen LogP contribution in [0.2, 0.25) is 0 Å². The highest BCUT2D eigenvalue weighted by Crippen LogP contribution is 2.11. The molecule has 1 aromatic rings. The van der Waals surface area contributed by atoms with Crippen molar-refractivity contribution in [3.8, 4) is 6.01 Å². The first kappa shape index (κ1) is 17.4. The van der Waals surface area contributed by atoms with Crippen LogP contribution in [0, 0.1) is 5.92 Å². The first-order valence-corrected chi connectivity index (χ1v) is 7.54. The van der Waals surface area contributed by atoms with Gasteiger partial charge in [0.25, 0.3) is 0 Å². The van der Waals surface area contributed by atoms with Gasteiger partial charge in [-0.05, 0) is 18.8 Å². The third-order valence-corrected chi connectivity index (χ3v) is 2.47. The van der Waals surface area contributed by atoms with E-state index in [1.54, 1.807) is 7.05 Å². The summed E-state index contributed by atoms with van der Waals surface area (Å²) < 4.78 is 11.0. The molecule has 7 nitrogen and oxygen atoms in total. The summed E-state index contributed by atoms with van der Waals surface area (Å²) in [5.41, 5.74) is 0. The molecule has 0 aromatic carbocycles. The fourth-order valence-corrected chi connectivity index (χ4v) is 1.50. The highest BCUT2D eigenvalue weighted by molar-refractivity contribution is 5.35. The molecule has 0 fully saturated rings. The maximum absolute atomic E-state index is 5.52. The predicted molar refractivity (Wildman–Crippen MR) is 83.9 cm³/mol. The van der Waals surface area contributed by atoms with Crippen molar-refractivity contribution in [2.75, 3.05) is 44.0 Å². The molecule has 0 radical (unpaired) electrons. The van der Waals surface area contributed by atoms with E-state index in [-0.39, 0.29) is 0 Å². The number of nitrogens with one attached hydrogen (secondary N) is 2. The van der Waals surface area contributed by atoms with E-state index < -0.39 is 0 Å². The lowest BCUT2D eigenvalue weighted by molar-refractivity contribution is 0.110. The largest absolute Gasteiger partial charge is 0.463 e. The Bertz CT molecular complexity index is 401. The van der Waals surface area contributed by atoms with Crippen molar-refractivity contribution in [1.29, 1.82) is 0 Å². The Morgan fingerprint density at radius 2 is 1.86 bits per heavy atom. The lowest BCUT2D eigenvalue weighted by Gasteiger charge is -2.09. The molecule has 21 heavy (non-hydrogen) atoms. The van der Waals surface area contributed by atoms with Gasteiger partial charge in [0.15, 0.2) is 0 Å². The van der Waals surface area contributed by atoms with Crippen molar-refractivity contribution in [2.24, 2.45) is 5.92 Å². The van der Waals surface area contributed by atoms with Gasteiger partial charge >= 0.3 is 6.01 Å². The Morgan fingerprint density at radius 1 is 1.10 bits per heavy atom. The Morgan fingerprint density at radius 3 is 2.52 bits per heavy atom. The molecule has 0 aliphatic carbocycles. The fraction of sp³-hybridized carbons (Fsp3) is 0.786. The highest BCUT2D eigenvalue weighted by Gasteiger charge is 2.06. The van der Waals surface area contributed by atoms with Crippen LogP contribution >= 0.6 is 0 Å². The molecule has 1 rings (SSSR count). The van der Waals surface area contributed by atoms with Gasteiger partial charge in [-0.3, -0.25) is 0 Å². The van der Waals surface area contributed by atoms with Gasteiger partial charge in [-0.15, -0.1) is 0 Å². The first-order valence-electron chi connectivity index (χ1n) is 7.54. The van der Waals surface area contributed by atoms with Gasteiger partial charge in [-0.25, -0.2) is 0 Å². The maximum atomic E-state index is 5.52. The molecule has 0 bridgehead atoms. The fourth-order valence-electron chi connectivity index (χ4n) is 1.50. The third kappa shape index (κ3) is 7.65. The summed E-state index contributed by atoms with van der Waals surface area (Å²) in [4.78, 5) is 12.6. The molecular formula is C14H27N5O2. The maximum Gasteiger partial charge on any atom is 0.323 e. The number of hydrogen-bond acceptors (Lipinski definition) is 7. The van der Waals surface area contributed by atoms with E-state index in [0.717, 1.165) is 32.6 Å². The van der Waals surface area contributed by atoms with Crippen LogP contribution in [0.1, 0.15) is 33.6 Å². The van der Waals surface area contributed by atoms with Crippen molar-refractivity contribution in [2.45, 2.75) is 33.6 Å². The molecule has 0 spiro atoms. The van der Waals surface area contributed by atoms with Crippen LogP contribution in [0.4, 0.5) is 11.9 Å². The van der Waals surface area contributed by atoms with Gasteiger partial charge in [-0.2, -0.15) is 15.0 Å². The molecule has 0 aliphatic rings. The Kier molecular flexibility index (Phi) is 8.42. The number of anilines is 2. The molecule has 7 heteroatoms. The van der Waals surface area contributed by atoms with Crippen LogP contribution in [-0.2, 0) is 4.74 Å². The van der Waals surface area contributed by atoms with Crippen LogP contribution < -0.4 is 15.4 Å². The Hall–Kier alpha value is -1.63. The van der Waals surface area contributed by atoms with E-state index in [1.165, 1.54) is 0 Å². The second kappa shape index (κ2) is 10.1. The van der Waals surface area contributed by atoms with Crippen LogP contribution in [0.15, 0.2) is 0 Å². The summed E-state index contributed by atoms with van der Waals surface area (Å²) in [7, 11) is 1.77. The van der Waals surface area contributed by atoms with Gasteiger partial charge in [0.1, 0.15) is 0 Å². The van der Waals surface area contributed by atoms with Gasteiger partial charge in [-0.1, -0.05) is 20.8 Å². The third-order valence-electron chi connectivity index (χ3n) is 2.47. The minimum absolute atomic E-state index is 0.342. The summed E-state index contributed by atoms with van der Waals surface area (Å²) in [5.74, 6) is 1.58. The van der Waals surface area contributed by atoms with Crippen molar-refractivity contribution in [3.05, 3.63) is 0 Å². The first-order chi connectivity index (χ1) is 10.2. The topological polar surface area (TPSA) is 81.2 Å². The Labute approximate surface area is 126 Å². The molecule has 0 saturated carbocycles. The zero-order valence-corrected chi connectivity index (χ0v) is 13.5. The van der Waals surface area contributed by atoms with Crippen molar-refractivity contribution >= 4 is 11.9 Å². The molecule has 0 unspecified atom stereocenters. The monoisotopic (exact) mass is 297 g/mol. The zero-order chi connectivity index (χ0) is 15.5. The summed E-state index contributed by atoms with van der Waals surface area (Å²) in [6, 6.07) is 0.342. The number of aromatic nitrogens is 3. The second-order valence-electron chi connectivity index (χ2n) is 5.11. The van der Waals surface area contributed by atoms with Crippen molar-refractivity contribution in [3.63, 3.8) is 0 Å². The van der Waals surface area contributed by atoms with E-state index in [1.807, 2.05) is 6.92 Å². The van der Waals surface area contributed by atoms with E-state index in [0.29, 0.717) is 30.4 Å². The van der Waals surface area contributed by atoms with E-state index in [2.05, 4.69) is 39.4 Å². The van der Waals surface area contributed by atoms with Crippen LogP contribution in [0.25, 0.3) is 0 Å². The molecular weight excluding hydrogens is 270 g/mol. The number of ether oxygens (including phenoxy) is 2. The molecule has 0 saturated heterocycles. The molecule has 1 aromatic heterocycles.